The van der Waals surface area contributed by atoms with Gasteiger partial charge in [-0.25, -0.2) is 13.9 Å². The van der Waals surface area contributed by atoms with Gasteiger partial charge in [0.15, 0.2) is 5.69 Å². The summed E-state index contributed by atoms with van der Waals surface area (Å²) in [6, 6.07) is 4.26. The number of carbonyl (C=O) groups excluding carboxylic acids is 1. The third kappa shape index (κ3) is 4.07. The number of aromatic nitrogens is 2. The quantitative estimate of drug-likeness (QED) is 0.590. The Balaban J connectivity index is 2.36. The van der Waals surface area contributed by atoms with Gasteiger partial charge in [0, 0.05) is 43.7 Å². The maximum absolute atomic E-state index is 12.3. The predicted molar refractivity (Wildman–Crippen MR) is 94.0 cm³/mol. The van der Waals surface area contributed by atoms with Crippen LogP contribution in [-0.4, -0.2) is 66.4 Å². The maximum Gasteiger partial charge on any atom is 0.354 e. The van der Waals surface area contributed by atoms with Gasteiger partial charge in [-0.1, -0.05) is 6.07 Å². The largest absolute Gasteiger partial charge is 0.477 e. The Labute approximate surface area is 150 Å². The van der Waals surface area contributed by atoms with Gasteiger partial charge in [-0.2, -0.15) is 8.42 Å². The SMILES string of the molecule is CNCCN(C)C(=O)c1ccc(-c2ccn(S(N)(=O)=O)c2C(=O)O)cn1. The summed E-state index contributed by atoms with van der Waals surface area (Å²) in [4.78, 5) is 29.3. The van der Waals surface area contributed by atoms with Gasteiger partial charge in [-0.3, -0.25) is 9.78 Å². The first-order chi connectivity index (χ1) is 12.2. The van der Waals surface area contributed by atoms with Crippen molar-refractivity contribution < 1.29 is 23.1 Å². The highest BCUT2D eigenvalue weighted by molar-refractivity contribution is 7.87. The molecule has 10 nitrogen and oxygen atoms in total. The van der Waals surface area contributed by atoms with Crippen LogP contribution in [0.15, 0.2) is 30.6 Å². The number of carboxylic acids is 1. The lowest BCUT2D eigenvalue weighted by molar-refractivity contribution is 0.0689. The minimum Gasteiger partial charge on any atom is -0.477 e. The maximum atomic E-state index is 12.3. The zero-order chi connectivity index (χ0) is 19.5. The van der Waals surface area contributed by atoms with Crippen molar-refractivity contribution in [3.8, 4) is 11.1 Å². The second-order valence-electron chi connectivity index (χ2n) is 5.49. The van der Waals surface area contributed by atoms with Crippen LogP contribution in [0.1, 0.15) is 21.0 Å². The molecule has 4 N–H and O–H groups in total. The Kier molecular flexibility index (Phi) is 5.75. The van der Waals surface area contributed by atoms with Crippen molar-refractivity contribution in [1.82, 2.24) is 19.2 Å². The van der Waals surface area contributed by atoms with Gasteiger partial charge in [-0.15, -0.1) is 0 Å². The number of hydrogen-bond donors (Lipinski definition) is 3. The first-order valence-electron chi connectivity index (χ1n) is 7.51. The fourth-order valence-corrected chi connectivity index (χ4v) is 2.99. The van der Waals surface area contributed by atoms with Crippen LogP contribution in [0.3, 0.4) is 0 Å². The van der Waals surface area contributed by atoms with Crippen LogP contribution < -0.4 is 10.5 Å². The van der Waals surface area contributed by atoms with E-state index in [4.69, 9.17) is 5.14 Å². The summed E-state index contributed by atoms with van der Waals surface area (Å²) in [7, 11) is -0.839. The molecule has 0 bridgehead atoms. The van der Waals surface area contributed by atoms with Gasteiger partial charge in [0.2, 0.25) is 0 Å². The third-order valence-electron chi connectivity index (χ3n) is 3.67. The van der Waals surface area contributed by atoms with Gasteiger partial charge in [0.05, 0.1) is 0 Å². The standard InChI is InChI=1S/C15H19N5O5S/c1-17-6-8-19(2)14(21)12-4-3-10(9-18-12)11-5-7-20(26(16,24)25)13(11)15(22)23/h3-5,7,9,17H,6,8H2,1-2H3,(H,22,23)(H2,16,24,25). The lowest BCUT2D eigenvalue weighted by Gasteiger charge is -2.16. The molecule has 140 valence electrons. The van der Waals surface area contributed by atoms with Crippen LogP contribution in [0.5, 0.6) is 0 Å². The molecule has 0 saturated carbocycles. The van der Waals surface area contributed by atoms with Crippen LogP contribution in [0.4, 0.5) is 0 Å². The predicted octanol–water partition coefficient (Wildman–Crippen LogP) is -0.409. The van der Waals surface area contributed by atoms with Crippen LogP contribution in [0.2, 0.25) is 0 Å². The smallest absolute Gasteiger partial charge is 0.354 e. The van der Waals surface area contributed by atoms with E-state index in [9.17, 15) is 23.1 Å². The van der Waals surface area contributed by atoms with E-state index in [2.05, 4.69) is 10.3 Å². The number of carbonyl (C=O) groups is 2. The average molecular weight is 381 g/mol. The molecule has 11 heteroatoms. The van der Waals surface area contributed by atoms with E-state index in [1.54, 1.807) is 14.1 Å². The summed E-state index contributed by atoms with van der Waals surface area (Å²) in [5.41, 5.74) is 0.162. The summed E-state index contributed by atoms with van der Waals surface area (Å²) >= 11 is 0. The molecule has 0 unspecified atom stereocenters. The van der Waals surface area contributed by atoms with Gasteiger partial charge in [0.1, 0.15) is 5.69 Å². The van der Waals surface area contributed by atoms with Crippen molar-refractivity contribution in [2.45, 2.75) is 0 Å². The lowest BCUT2D eigenvalue weighted by Crippen LogP contribution is -2.33. The molecule has 0 aliphatic carbocycles. The van der Waals surface area contributed by atoms with Crippen molar-refractivity contribution in [2.75, 3.05) is 27.2 Å². The van der Waals surface area contributed by atoms with E-state index in [0.717, 1.165) is 6.20 Å². The molecule has 1 amide bonds. The Morgan fingerprint density at radius 3 is 2.54 bits per heavy atom. The number of aromatic carboxylic acids is 1. The van der Waals surface area contributed by atoms with Crippen LogP contribution in [0.25, 0.3) is 11.1 Å². The molecule has 0 radical (unpaired) electrons. The molecule has 0 aromatic carbocycles. The molecule has 0 saturated heterocycles. The fourth-order valence-electron chi connectivity index (χ4n) is 2.33. The first-order valence-corrected chi connectivity index (χ1v) is 9.01. The van der Waals surface area contributed by atoms with Crippen LogP contribution >= 0.6 is 0 Å². The summed E-state index contributed by atoms with van der Waals surface area (Å²) in [5.74, 6) is -1.74. The highest BCUT2D eigenvalue weighted by Gasteiger charge is 2.23. The Morgan fingerprint density at radius 2 is 2.04 bits per heavy atom. The number of nitrogens with two attached hydrogens (primary N) is 1. The zero-order valence-corrected chi connectivity index (χ0v) is 15.0. The summed E-state index contributed by atoms with van der Waals surface area (Å²) < 4.78 is 23.5. The summed E-state index contributed by atoms with van der Waals surface area (Å²) in [6.45, 7) is 1.13. The monoisotopic (exact) mass is 381 g/mol. The Bertz CT molecular complexity index is 920. The number of carboxylic acid groups (broad SMARTS) is 1. The zero-order valence-electron chi connectivity index (χ0n) is 14.2. The molecule has 26 heavy (non-hydrogen) atoms. The van der Waals surface area contributed by atoms with E-state index in [1.807, 2.05) is 0 Å². The van der Waals surface area contributed by atoms with Crippen molar-refractivity contribution >= 4 is 22.1 Å². The minimum atomic E-state index is -4.26. The molecule has 2 rings (SSSR count). The summed E-state index contributed by atoms with van der Waals surface area (Å²) in [5, 5.41) is 17.3. The molecule has 0 aliphatic rings. The normalized spacial score (nSPS) is 11.3. The van der Waals surface area contributed by atoms with E-state index < -0.39 is 21.9 Å². The van der Waals surface area contributed by atoms with Crippen molar-refractivity contribution in [1.29, 1.82) is 0 Å². The molecule has 2 heterocycles. The van der Waals surface area contributed by atoms with E-state index in [0.29, 0.717) is 22.6 Å². The molecule has 2 aromatic rings. The fraction of sp³-hybridized carbons (Fsp3) is 0.267. The highest BCUT2D eigenvalue weighted by atomic mass is 32.2. The summed E-state index contributed by atoms with van der Waals surface area (Å²) in [6.07, 6.45) is 2.37. The molecule has 2 aromatic heterocycles. The molecule has 0 atom stereocenters. The molecule has 0 aliphatic heterocycles. The van der Waals surface area contributed by atoms with Gasteiger partial charge >= 0.3 is 16.2 Å². The highest BCUT2D eigenvalue weighted by Crippen LogP contribution is 2.25. The number of nitrogens with one attached hydrogen (secondary N) is 1. The van der Waals surface area contributed by atoms with E-state index in [1.165, 1.54) is 29.3 Å². The molecular formula is C15H19N5O5S. The second kappa shape index (κ2) is 7.64. The number of amides is 1. The van der Waals surface area contributed by atoms with Crippen LogP contribution in [0, 0.1) is 0 Å². The number of likely N-dealkylation sites (N-methyl/N-ethyl adjacent to an activating group) is 2. The van der Waals surface area contributed by atoms with E-state index in [-0.39, 0.29) is 17.2 Å². The Morgan fingerprint density at radius 1 is 1.35 bits per heavy atom. The number of nitrogens with zero attached hydrogens (tertiary/aromatic N) is 3. The van der Waals surface area contributed by atoms with E-state index >= 15 is 0 Å². The number of hydrogen-bond acceptors (Lipinski definition) is 6. The lowest BCUT2D eigenvalue weighted by atomic mass is 10.1. The average Bonchev–Trinajstić information content (AvgIpc) is 3.05. The van der Waals surface area contributed by atoms with Crippen molar-refractivity contribution in [2.24, 2.45) is 5.14 Å². The molecule has 0 spiro atoms. The topological polar surface area (TPSA) is 148 Å². The number of rotatable bonds is 7. The van der Waals surface area contributed by atoms with Crippen molar-refractivity contribution in [3.05, 3.63) is 42.0 Å². The molecular weight excluding hydrogens is 362 g/mol. The Hall–Kier alpha value is -2.76. The van der Waals surface area contributed by atoms with Gasteiger partial charge in [-0.05, 0) is 19.2 Å². The van der Waals surface area contributed by atoms with Gasteiger partial charge in [0.25, 0.3) is 5.91 Å². The van der Waals surface area contributed by atoms with Crippen molar-refractivity contribution in [3.63, 3.8) is 0 Å². The molecule has 0 fully saturated rings. The second-order valence-corrected chi connectivity index (χ2v) is 6.91. The first kappa shape index (κ1) is 19.6. The number of pyridine rings is 1. The van der Waals surface area contributed by atoms with Gasteiger partial charge < -0.3 is 15.3 Å². The third-order valence-corrected chi connectivity index (χ3v) is 4.52. The van der Waals surface area contributed by atoms with Crippen LogP contribution in [-0.2, 0) is 10.2 Å². The minimum absolute atomic E-state index is 0.126.